The summed E-state index contributed by atoms with van der Waals surface area (Å²) in [5, 5.41) is 10.2. The Hall–Kier alpha value is -4.84. The molecule has 204 valence electrons. The Balaban J connectivity index is 1.27. The van der Waals surface area contributed by atoms with Crippen molar-refractivity contribution in [2.75, 3.05) is 5.32 Å². The molecular formula is C29H23FN8O2S. The van der Waals surface area contributed by atoms with Crippen LogP contribution in [0.25, 0.3) is 55.3 Å². The van der Waals surface area contributed by atoms with Gasteiger partial charge in [-0.1, -0.05) is 12.8 Å². The number of halogens is 1. The first kappa shape index (κ1) is 25.1. The molecule has 6 heterocycles. The lowest BCUT2D eigenvalue weighted by Crippen LogP contribution is -2.20. The summed E-state index contributed by atoms with van der Waals surface area (Å²) >= 11 is 1.38. The first-order chi connectivity index (χ1) is 20.0. The Morgan fingerprint density at radius 1 is 1.05 bits per heavy atom. The number of Topliss-reactive ketones (excluding diaryl/α,β-unsaturated/α-hetero) is 1. The molecule has 0 atom stereocenters. The zero-order valence-electron chi connectivity index (χ0n) is 21.9. The van der Waals surface area contributed by atoms with E-state index in [0.29, 0.717) is 33.1 Å². The number of hydrogen-bond acceptors (Lipinski definition) is 8. The highest BCUT2D eigenvalue weighted by Crippen LogP contribution is 2.36. The summed E-state index contributed by atoms with van der Waals surface area (Å²) in [5.74, 6) is -0.267. The van der Waals surface area contributed by atoms with Gasteiger partial charge in [0.25, 0.3) is 0 Å². The zero-order valence-corrected chi connectivity index (χ0v) is 22.7. The predicted molar refractivity (Wildman–Crippen MR) is 154 cm³/mol. The molecule has 0 bridgehead atoms. The van der Waals surface area contributed by atoms with Crippen molar-refractivity contribution in [1.29, 1.82) is 0 Å². The Bertz CT molecular complexity index is 1970. The number of carbonyl (C=O) groups excluding carboxylic acids is 2. The number of nitrogens with zero attached hydrogens (tertiary/aromatic N) is 5. The third kappa shape index (κ3) is 4.45. The number of nitrogens with one attached hydrogen (secondary N) is 3. The third-order valence-corrected chi connectivity index (χ3v) is 8.62. The van der Waals surface area contributed by atoms with Crippen molar-refractivity contribution >= 4 is 50.9 Å². The molecule has 10 nitrogen and oxygen atoms in total. The van der Waals surface area contributed by atoms with Crippen LogP contribution in [0.2, 0.25) is 0 Å². The van der Waals surface area contributed by atoms with E-state index in [-0.39, 0.29) is 39.9 Å². The summed E-state index contributed by atoms with van der Waals surface area (Å²) in [6.07, 6.45) is 10.0. The molecule has 0 spiro atoms. The molecule has 0 aliphatic heterocycles. The predicted octanol–water partition coefficient (Wildman–Crippen LogP) is 6.16. The van der Waals surface area contributed by atoms with Crippen molar-refractivity contribution in [1.82, 2.24) is 35.1 Å². The van der Waals surface area contributed by atoms with Crippen LogP contribution in [0, 0.1) is 11.7 Å². The minimum Gasteiger partial charge on any atom is -0.324 e. The van der Waals surface area contributed by atoms with E-state index in [9.17, 15) is 9.59 Å². The summed E-state index contributed by atoms with van der Waals surface area (Å²) in [7, 11) is 0. The molecule has 1 amide bonds. The minimum atomic E-state index is -0.544. The fraction of sp³-hybridized carbons (Fsp3) is 0.207. The molecule has 0 saturated heterocycles. The lowest BCUT2D eigenvalue weighted by molar-refractivity contribution is -0.119. The molecule has 1 saturated carbocycles. The van der Waals surface area contributed by atoms with E-state index in [1.54, 1.807) is 24.5 Å². The van der Waals surface area contributed by atoms with Crippen molar-refractivity contribution in [3.05, 3.63) is 59.7 Å². The molecule has 3 N–H and O–H groups in total. The van der Waals surface area contributed by atoms with E-state index in [1.807, 2.05) is 12.1 Å². The van der Waals surface area contributed by atoms with Crippen LogP contribution in [0.1, 0.15) is 42.3 Å². The van der Waals surface area contributed by atoms with Gasteiger partial charge in [-0.2, -0.15) is 5.10 Å². The summed E-state index contributed by atoms with van der Waals surface area (Å²) < 4.78 is 16.1. The molecule has 6 aromatic heterocycles. The number of aromatic amines is 2. The monoisotopic (exact) mass is 566 g/mol. The van der Waals surface area contributed by atoms with E-state index in [2.05, 4.69) is 35.5 Å². The van der Waals surface area contributed by atoms with Crippen LogP contribution < -0.4 is 5.32 Å². The van der Waals surface area contributed by atoms with Gasteiger partial charge in [0, 0.05) is 46.1 Å². The Labute approximate surface area is 236 Å². The number of hydrogen-bond donors (Lipinski definition) is 3. The second-order valence-electron chi connectivity index (χ2n) is 10.1. The number of carbonyl (C=O) groups is 2. The van der Waals surface area contributed by atoms with Crippen LogP contribution in [-0.4, -0.2) is 46.8 Å². The number of anilines is 1. The average molecular weight is 567 g/mol. The maximum Gasteiger partial charge on any atom is 0.227 e. The molecule has 0 aromatic carbocycles. The topological polar surface area (TPSA) is 142 Å². The van der Waals surface area contributed by atoms with E-state index in [0.717, 1.165) is 36.1 Å². The van der Waals surface area contributed by atoms with E-state index in [1.165, 1.54) is 30.7 Å². The maximum absolute atomic E-state index is 16.1. The molecule has 1 fully saturated rings. The second kappa shape index (κ2) is 9.97. The van der Waals surface area contributed by atoms with E-state index >= 15 is 4.39 Å². The van der Waals surface area contributed by atoms with Crippen LogP contribution in [0.15, 0.2) is 49.1 Å². The van der Waals surface area contributed by atoms with Crippen LogP contribution in [-0.2, 0) is 4.79 Å². The second-order valence-corrected chi connectivity index (χ2v) is 11.2. The quantitative estimate of drug-likeness (QED) is 0.205. The number of H-pyrrole nitrogens is 2. The van der Waals surface area contributed by atoms with Gasteiger partial charge in [-0.25, -0.2) is 19.3 Å². The van der Waals surface area contributed by atoms with Gasteiger partial charge >= 0.3 is 0 Å². The van der Waals surface area contributed by atoms with Crippen LogP contribution in [0.5, 0.6) is 0 Å². The Kier molecular flexibility index (Phi) is 6.11. The molecule has 12 heteroatoms. The lowest BCUT2D eigenvalue weighted by Gasteiger charge is -2.11. The molecule has 0 unspecified atom stereocenters. The number of thiophene rings is 1. The Morgan fingerprint density at radius 3 is 2.71 bits per heavy atom. The van der Waals surface area contributed by atoms with E-state index < -0.39 is 5.82 Å². The largest absolute Gasteiger partial charge is 0.324 e. The van der Waals surface area contributed by atoms with Crippen molar-refractivity contribution in [2.45, 2.75) is 32.6 Å². The summed E-state index contributed by atoms with van der Waals surface area (Å²) in [6, 6.07) is 7.19. The van der Waals surface area contributed by atoms with Crippen molar-refractivity contribution in [3.8, 4) is 33.1 Å². The summed E-state index contributed by atoms with van der Waals surface area (Å²) in [4.78, 5) is 46.9. The molecule has 6 aromatic rings. The molecule has 1 aliphatic carbocycles. The van der Waals surface area contributed by atoms with Gasteiger partial charge in [0.1, 0.15) is 17.0 Å². The van der Waals surface area contributed by atoms with E-state index in [4.69, 9.17) is 4.98 Å². The highest BCUT2D eigenvalue weighted by atomic mass is 32.1. The van der Waals surface area contributed by atoms with Gasteiger partial charge < -0.3 is 10.3 Å². The van der Waals surface area contributed by atoms with Crippen molar-refractivity contribution in [2.24, 2.45) is 5.92 Å². The molecule has 0 radical (unpaired) electrons. The number of aromatic nitrogens is 7. The minimum absolute atomic E-state index is 0.00304. The van der Waals surface area contributed by atoms with Gasteiger partial charge in [0.05, 0.1) is 22.1 Å². The summed E-state index contributed by atoms with van der Waals surface area (Å²) in [5.41, 5.74) is 3.60. The number of ketones is 1. The fourth-order valence-electron chi connectivity index (χ4n) is 5.31. The summed E-state index contributed by atoms with van der Waals surface area (Å²) in [6.45, 7) is 1.53. The first-order valence-electron chi connectivity index (χ1n) is 13.2. The lowest BCUT2D eigenvalue weighted by atomic mass is 10.1. The highest BCUT2D eigenvalue weighted by Gasteiger charge is 2.24. The number of pyridine rings is 3. The van der Waals surface area contributed by atoms with Gasteiger partial charge in [0.2, 0.25) is 5.91 Å². The molecular weight excluding hydrogens is 543 g/mol. The number of amides is 1. The third-order valence-electron chi connectivity index (χ3n) is 7.40. The molecule has 41 heavy (non-hydrogen) atoms. The molecule has 7 rings (SSSR count). The van der Waals surface area contributed by atoms with Crippen molar-refractivity contribution < 1.29 is 14.0 Å². The number of fused-ring (bicyclic) bond motifs is 2. The fourth-order valence-corrected chi connectivity index (χ4v) is 6.24. The van der Waals surface area contributed by atoms with Gasteiger partial charge in [-0.15, -0.1) is 11.3 Å². The zero-order chi connectivity index (χ0) is 28.1. The van der Waals surface area contributed by atoms with Crippen LogP contribution in [0.3, 0.4) is 0 Å². The number of rotatable bonds is 6. The standard InChI is InChI=1S/C29H23FN8O2S/c1-14(39)20-6-7-21(41-20)18-8-9-32-27-24(18)35-28(36-27)25-22-23(30)19(13-33-26(22)38-37-25)16-10-17(12-31-11-16)34-29(40)15-4-2-3-5-15/h6-13,15H,2-5H2,1H3,(H,34,40)(H,32,35,36)(H,33,37,38). The van der Waals surface area contributed by atoms with Crippen molar-refractivity contribution in [3.63, 3.8) is 0 Å². The highest BCUT2D eigenvalue weighted by molar-refractivity contribution is 7.17. The van der Waals surface area contributed by atoms with Gasteiger partial charge in [-0.3, -0.25) is 19.7 Å². The smallest absolute Gasteiger partial charge is 0.227 e. The van der Waals surface area contributed by atoms with Gasteiger partial charge in [0.15, 0.2) is 22.9 Å². The maximum atomic E-state index is 16.1. The van der Waals surface area contributed by atoms with Crippen LogP contribution >= 0.6 is 11.3 Å². The SMILES string of the molecule is CC(=O)c1ccc(-c2ccnc3[nH]c(-c4n[nH]c5ncc(-c6cncc(NC(=O)C7CCCC7)c6)c(F)c45)nc23)s1. The average Bonchev–Trinajstić information content (AvgIpc) is 3.78. The number of imidazole rings is 1. The first-order valence-corrected chi connectivity index (χ1v) is 14.0. The van der Waals surface area contributed by atoms with Gasteiger partial charge in [-0.05, 0) is 44.0 Å². The Morgan fingerprint density at radius 2 is 1.90 bits per heavy atom. The normalized spacial score (nSPS) is 13.8. The van der Waals surface area contributed by atoms with Crippen LogP contribution in [0.4, 0.5) is 10.1 Å². The molecule has 1 aliphatic rings.